The molecule has 1 saturated heterocycles. The lowest BCUT2D eigenvalue weighted by Gasteiger charge is -2.14. The van der Waals surface area contributed by atoms with Crippen LogP contribution in [0.5, 0.6) is 0 Å². The van der Waals surface area contributed by atoms with Crippen LogP contribution in [0.4, 0.5) is 11.4 Å². The highest BCUT2D eigenvalue weighted by Crippen LogP contribution is 2.32. The van der Waals surface area contributed by atoms with E-state index in [0.717, 1.165) is 22.5 Å². The number of nitrogens with zero attached hydrogens (tertiary/aromatic N) is 2. The fourth-order valence-corrected chi connectivity index (χ4v) is 4.22. The van der Waals surface area contributed by atoms with Crippen LogP contribution >= 0.6 is 11.8 Å². The Hall–Kier alpha value is -2.86. The van der Waals surface area contributed by atoms with Crippen molar-refractivity contribution in [2.45, 2.75) is 25.5 Å². The number of amidine groups is 1. The van der Waals surface area contributed by atoms with Gasteiger partial charge in [0, 0.05) is 18.7 Å². The van der Waals surface area contributed by atoms with E-state index in [0.29, 0.717) is 11.7 Å². The maximum absolute atomic E-state index is 12.8. The molecule has 5 nitrogen and oxygen atoms in total. The molecular formula is C22H23N3O2S. The highest BCUT2D eigenvalue weighted by atomic mass is 32.2. The molecule has 28 heavy (non-hydrogen) atoms. The first kappa shape index (κ1) is 19.9. The van der Waals surface area contributed by atoms with Gasteiger partial charge in [-0.3, -0.25) is 14.5 Å². The minimum atomic E-state index is -0.492. The van der Waals surface area contributed by atoms with Crippen LogP contribution in [0.2, 0.25) is 0 Å². The molecule has 0 radical (unpaired) electrons. The highest BCUT2D eigenvalue weighted by molar-refractivity contribution is 8.15. The summed E-state index contributed by atoms with van der Waals surface area (Å²) >= 11 is 1.33. The number of rotatable bonds is 6. The predicted octanol–water partition coefficient (Wildman–Crippen LogP) is 4.45. The van der Waals surface area contributed by atoms with Crippen molar-refractivity contribution in [1.82, 2.24) is 4.90 Å². The van der Waals surface area contributed by atoms with E-state index in [9.17, 15) is 9.59 Å². The second kappa shape index (κ2) is 8.89. The van der Waals surface area contributed by atoms with Gasteiger partial charge in [0.15, 0.2) is 5.17 Å². The van der Waals surface area contributed by atoms with Crippen molar-refractivity contribution in [1.29, 1.82) is 0 Å². The van der Waals surface area contributed by atoms with Crippen LogP contribution in [0.15, 0.2) is 66.2 Å². The van der Waals surface area contributed by atoms with E-state index in [1.165, 1.54) is 11.8 Å². The van der Waals surface area contributed by atoms with Gasteiger partial charge in [-0.1, -0.05) is 42.1 Å². The molecule has 0 unspecified atom stereocenters. The molecule has 0 bridgehead atoms. The lowest BCUT2D eigenvalue weighted by molar-refractivity contribution is -0.127. The zero-order valence-corrected chi connectivity index (χ0v) is 16.8. The molecule has 1 heterocycles. The molecule has 1 aliphatic rings. The zero-order valence-electron chi connectivity index (χ0n) is 16.0. The molecule has 144 valence electrons. The van der Waals surface area contributed by atoms with Gasteiger partial charge in [0.2, 0.25) is 11.8 Å². The normalized spacial score (nSPS) is 17.8. The standard InChI is InChI=1S/C22H23N3O2S/c1-4-10-25-21(27)19(14-20(26)23-17-8-6-5-7-9-17)28-22(25)24-18-12-15(2)11-16(3)13-18/h4-9,11-13,19H,1,10,14H2,2-3H3,(H,23,26)/t19-/m1/s1. The van der Waals surface area contributed by atoms with E-state index in [4.69, 9.17) is 0 Å². The quantitative estimate of drug-likeness (QED) is 0.738. The molecule has 1 N–H and O–H groups in total. The van der Waals surface area contributed by atoms with E-state index < -0.39 is 5.25 Å². The Labute approximate surface area is 169 Å². The molecule has 0 spiro atoms. The average Bonchev–Trinajstić information content (AvgIpc) is 2.90. The smallest absolute Gasteiger partial charge is 0.242 e. The maximum atomic E-state index is 12.8. The maximum Gasteiger partial charge on any atom is 0.242 e. The SMILES string of the molecule is C=CCN1C(=O)[C@@H](CC(=O)Nc2ccccc2)SC1=Nc1cc(C)cc(C)c1. The predicted molar refractivity (Wildman–Crippen MR) is 116 cm³/mol. The Morgan fingerprint density at radius 1 is 1.21 bits per heavy atom. The number of hydrogen-bond donors (Lipinski definition) is 1. The lowest BCUT2D eigenvalue weighted by Crippen LogP contribution is -2.33. The summed E-state index contributed by atoms with van der Waals surface area (Å²) in [6, 6.07) is 15.3. The van der Waals surface area contributed by atoms with Crippen molar-refractivity contribution < 1.29 is 9.59 Å². The number of aliphatic imine (C=N–C) groups is 1. The average molecular weight is 394 g/mol. The highest BCUT2D eigenvalue weighted by Gasteiger charge is 2.38. The van der Waals surface area contributed by atoms with Gasteiger partial charge >= 0.3 is 0 Å². The number of nitrogens with one attached hydrogen (secondary N) is 1. The second-order valence-corrected chi connectivity index (χ2v) is 7.87. The summed E-state index contributed by atoms with van der Waals surface area (Å²) in [4.78, 5) is 31.5. The molecule has 1 fully saturated rings. The third-order valence-electron chi connectivity index (χ3n) is 4.19. The van der Waals surface area contributed by atoms with Gasteiger partial charge < -0.3 is 5.32 Å². The molecule has 0 saturated carbocycles. The molecule has 1 aliphatic heterocycles. The van der Waals surface area contributed by atoms with E-state index in [-0.39, 0.29) is 18.2 Å². The summed E-state index contributed by atoms with van der Waals surface area (Å²) in [6.45, 7) is 8.13. The number of anilines is 1. The minimum Gasteiger partial charge on any atom is -0.326 e. The number of amides is 2. The summed E-state index contributed by atoms with van der Waals surface area (Å²) in [5.74, 6) is -0.306. The number of benzene rings is 2. The van der Waals surface area contributed by atoms with Gasteiger partial charge in [-0.05, 0) is 49.2 Å². The van der Waals surface area contributed by atoms with Crippen molar-refractivity contribution in [3.8, 4) is 0 Å². The number of para-hydroxylation sites is 1. The van der Waals surface area contributed by atoms with Gasteiger partial charge in [-0.2, -0.15) is 0 Å². The van der Waals surface area contributed by atoms with E-state index in [1.807, 2.05) is 56.3 Å². The van der Waals surface area contributed by atoms with Crippen molar-refractivity contribution in [3.05, 3.63) is 72.3 Å². The fourth-order valence-electron chi connectivity index (χ4n) is 3.05. The molecule has 0 aliphatic carbocycles. The third kappa shape index (κ3) is 4.89. The van der Waals surface area contributed by atoms with Crippen molar-refractivity contribution >= 4 is 40.1 Å². The van der Waals surface area contributed by atoms with Gasteiger partial charge in [-0.15, -0.1) is 6.58 Å². The number of thioether (sulfide) groups is 1. The second-order valence-electron chi connectivity index (χ2n) is 6.70. The Balaban J connectivity index is 1.77. The monoisotopic (exact) mass is 393 g/mol. The van der Waals surface area contributed by atoms with Crippen molar-refractivity contribution in [3.63, 3.8) is 0 Å². The first-order valence-electron chi connectivity index (χ1n) is 9.07. The van der Waals surface area contributed by atoms with E-state index in [1.54, 1.807) is 11.0 Å². The lowest BCUT2D eigenvalue weighted by atomic mass is 10.1. The van der Waals surface area contributed by atoms with Gasteiger partial charge in [-0.25, -0.2) is 4.99 Å². The molecule has 2 aromatic rings. The molecule has 2 aromatic carbocycles. The Morgan fingerprint density at radius 2 is 1.89 bits per heavy atom. The zero-order chi connectivity index (χ0) is 20.1. The van der Waals surface area contributed by atoms with Crippen LogP contribution in [0.3, 0.4) is 0 Å². The Bertz CT molecular complexity index is 904. The summed E-state index contributed by atoms with van der Waals surface area (Å²) in [5, 5.41) is 2.94. The van der Waals surface area contributed by atoms with Crippen LogP contribution < -0.4 is 5.32 Å². The van der Waals surface area contributed by atoms with Crippen molar-refractivity contribution in [2.75, 3.05) is 11.9 Å². The number of carbonyl (C=O) groups is 2. The molecule has 0 aromatic heterocycles. The largest absolute Gasteiger partial charge is 0.326 e. The topological polar surface area (TPSA) is 61.8 Å². The van der Waals surface area contributed by atoms with Crippen LogP contribution in [-0.4, -0.2) is 33.7 Å². The van der Waals surface area contributed by atoms with Crippen molar-refractivity contribution in [2.24, 2.45) is 4.99 Å². The molecule has 2 amide bonds. The molecule has 6 heteroatoms. The van der Waals surface area contributed by atoms with Gasteiger partial charge in [0.05, 0.1) is 5.69 Å². The summed E-state index contributed by atoms with van der Waals surface area (Å²) in [5.41, 5.74) is 3.75. The number of carbonyl (C=O) groups excluding carboxylic acids is 2. The summed E-state index contributed by atoms with van der Waals surface area (Å²) < 4.78 is 0. The molecule has 3 rings (SSSR count). The number of aryl methyl sites for hydroxylation is 2. The van der Waals surface area contributed by atoms with Crippen LogP contribution in [-0.2, 0) is 9.59 Å². The number of hydrogen-bond acceptors (Lipinski definition) is 4. The van der Waals surface area contributed by atoms with Crippen LogP contribution in [0, 0.1) is 13.8 Å². The van der Waals surface area contributed by atoms with Crippen LogP contribution in [0.1, 0.15) is 17.5 Å². The fraction of sp³-hybridized carbons (Fsp3) is 0.227. The van der Waals surface area contributed by atoms with E-state index >= 15 is 0 Å². The summed E-state index contributed by atoms with van der Waals surface area (Å²) in [6.07, 6.45) is 1.76. The molecular weight excluding hydrogens is 370 g/mol. The Morgan fingerprint density at radius 3 is 2.54 bits per heavy atom. The minimum absolute atomic E-state index is 0.0951. The first-order chi connectivity index (χ1) is 13.5. The first-order valence-corrected chi connectivity index (χ1v) is 9.95. The summed E-state index contributed by atoms with van der Waals surface area (Å²) in [7, 11) is 0. The van der Waals surface area contributed by atoms with Crippen LogP contribution in [0.25, 0.3) is 0 Å². The van der Waals surface area contributed by atoms with Gasteiger partial charge in [0.25, 0.3) is 0 Å². The Kier molecular flexibility index (Phi) is 6.31. The van der Waals surface area contributed by atoms with E-state index in [2.05, 4.69) is 23.0 Å². The third-order valence-corrected chi connectivity index (χ3v) is 5.37. The van der Waals surface area contributed by atoms with Gasteiger partial charge in [0.1, 0.15) is 5.25 Å². The molecule has 1 atom stereocenters.